The zero-order valence-corrected chi connectivity index (χ0v) is 13.7. The first-order chi connectivity index (χ1) is 9.36. The number of esters is 1. The molecule has 110 valence electrons. The van der Waals surface area contributed by atoms with Crippen LogP contribution in [0, 0.1) is 0 Å². The van der Waals surface area contributed by atoms with Crippen LogP contribution in [0.15, 0.2) is 6.07 Å². The topological polar surface area (TPSA) is 48.3 Å². The second-order valence-corrected chi connectivity index (χ2v) is 7.53. The number of ketones is 1. The van der Waals surface area contributed by atoms with Crippen LogP contribution < -0.4 is 0 Å². The lowest BCUT2D eigenvalue weighted by Gasteiger charge is -2.19. The van der Waals surface area contributed by atoms with Crippen molar-refractivity contribution in [3.8, 4) is 0 Å². The highest BCUT2D eigenvalue weighted by atomic mass is 35.6. The zero-order chi connectivity index (χ0) is 14.9. The van der Waals surface area contributed by atoms with Gasteiger partial charge in [-0.2, -0.15) is 11.8 Å². The Balaban J connectivity index is 2.49. The van der Waals surface area contributed by atoms with E-state index in [-0.39, 0.29) is 12.3 Å². The number of Topliss-reactive ketones (excluding diaryl/α,β-unsaturated/α-hetero) is 1. The van der Waals surface area contributed by atoms with Crippen molar-refractivity contribution in [1.82, 2.24) is 4.57 Å². The third-order valence-corrected chi connectivity index (χ3v) is 4.36. The van der Waals surface area contributed by atoms with Crippen molar-refractivity contribution in [3.63, 3.8) is 0 Å². The van der Waals surface area contributed by atoms with Gasteiger partial charge in [0.15, 0.2) is 0 Å². The number of hydrogen-bond acceptors (Lipinski definition) is 4. The highest BCUT2D eigenvalue weighted by molar-refractivity contribution is 7.98. The van der Waals surface area contributed by atoms with Gasteiger partial charge in [0, 0.05) is 23.7 Å². The molecular formula is C12H12Cl3NO3S. The predicted octanol–water partition coefficient (Wildman–Crippen LogP) is 3.46. The lowest BCUT2D eigenvalue weighted by atomic mass is 10.2. The Morgan fingerprint density at radius 2 is 2.15 bits per heavy atom. The van der Waals surface area contributed by atoms with Crippen LogP contribution in [-0.2, 0) is 17.0 Å². The van der Waals surface area contributed by atoms with E-state index >= 15 is 0 Å². The molecule has 0 spiro atoms. The van der Waals surface area contributed by atoms with Gasteiger partial charge in [-0.3, -0.25) is 4.79 Å². The van der Waals surface area contributed by atoms with Crippen LogP contribution in [0.3, 0.4) is 0 Å². The number of thioether (sulfide) groups is 1. The van der Waals surface area contributed by atoms with E-state index in [1.165, 1.54) is 6.07 Å². The van der Waals surface area contributed by atoms with Crippen molar-refractivity contribution in [1.29, 1.82) is 0 Å². The van der Waals surface area contributed by atoms with Crippen LogP contribution in [0.2, 0.25) is 0 Å². The van der Waals surface area contributed by atoms with Gasteiger partial charge in [0.2, 0.25) is 5.78 Å². The molecule has 0 bridgehead atoms. The molecule has 1 aromatic rings. The summed E-state index contributed by atoms with van der Waals surface area (Å²) in [5, 5.41) is 0. The maximum Gasteiger partial charge on any atom is 0.340 e. The molecule has 0 amide bonds. The van der Waals surface area contributed by atoms with Gasteiger partial charge in [0.25, 0.3) is 3.79 Å². The quantitative estimate of drug-likeness (QED) is 0.473. The number of carbonyl (C=O) groups is 2. The highest BCUT2D eigenvalue weighted by Gasteiger charge is 2.36. The van der Waals surface area contributed by atoms with E-state index in [4.69, 9.17) is 39.5 Å². The van der Waals surface area contributed by atoms with E-state index in [2.05, 4.69) is 0 Å². The average molecular weight is 357 g/mol. The lowest BCUT2D eigenvalue weighted by molar-refractivity contribution is 0.0525. The van der Waals surface area contributed by atoms with Gasteiger partial charge in [-0.05, 0) is 13.0 Å². The summed E-state index contributed by atoms with van der Waals surface area (Å²) in [4.78, 5) is 24.1. The molecule has 1 aromatic heterocycles. The second kappa shape index (κ2) is 6.18. The Bertz CT molecular complexity index is 551. The smallest absolute Gasteiger partial charge is 0.340 e. The normalized spacial score (nSPS) is 14.8. The number of hydrogen-bond donors (Lipinski definition) is 0. The average Bonchev–Trinajstić information content (AvgIpc) is 2.76. The first-order valence-corrected chi connectivity index (χ1v) is 8.24. The second-order valence-electron chi connectivity index (χ2n) is 4.14. The summed E-state index contributed by atoms with van der Waals surface area (Å²) in [6.07, 6.45) is 0. The highest BCUT2D eigenvalue weighted by Crippen LogP contribution is 2.34. The van der Waals surface area contributed by atoms with Crippen molar-refractivity contribution < 1.29 is 14.3 Å². The summed E-state index contributed by atoms with van der Waals surface area (Å²) < 4.78 is 4.71. The van der Waals surface area contributed by atoms with Crippen LogP contribution >= 0.6 is 46.6 Å². The van der Waals surface area contributed by atoms with Crippen molar-refractivity contribution in [2.75, 3.05) is 12.4 Å². The minimum Gasteiger partial charge on any atom is -0.462 e. The molecular weight excluding hydrogens is 345 g/mol. The Labute approximate surface area is 135 Å². The number of alkyl halides is 3. The molecule has 0 radical (unpaired) electrons. The summed E-state index contributed by atoms with van der Waals surface area (Å²) in [5.74, 6) is 0.374. The van der Waals surface area contributed by atoms with Crippen molar-refractivity contribution >= 4 is 58.3 Å². The van der Waals surface area contributed by atoms with Gasteiger partial charge >= 0.3 is 5.97 Å². The molecule has 0 aliphatic carbocycles. The first kappa shape index (κ1) is 16.0. The van der Waals surface area contributed by atoms with E-state index in [1.54, 1.807) is 23.3 Å². The number of ether oxygens (including phenoxy) is 1. The lowest BCUT2D eigenvalue weighted by Crippen LogP contribution is -2.24. The summed E-state index contributed by atoms with van der Waals surface area (Å²) in [7, 11) is 0. The molecule has 0 atom stereocenters. The van der Waals surface area contributed by atoms with Gasteiger partial charge in [0.1, 0.15) is 0 Å². The van der Waals surface area contributed by atoms with Gasteiger partial charge in [-0.15, -0.1) is 0 Å². The van der Waals surface area contributed by atoms with Crippen LogP contribution in [0.4, 0.5) is 0 Å². The van der Waals surface area contributed by atoms with Gasteiger partial charge in [-0.25, -0.2) is 4.79 Å². The van der Waals surface area contributed by atoms with Crippen LogP contribution in [-0.4, -0.2) is 32.5 Å². The molecule has 0 fully saturated rings. The van der Waals surface area contributed by atoms with Gasteiger partial charge < -0.3 is 9.30 Å². The van der Waals surface area contributed by atoms with E-state index in [9.17, 15) is 9.59 Å². The molecule has 0 saturated carbocycles. The SMILES string of the molecule is CCOC(=O)c1cc(C(=O)C(Cl)(Cl)Cl)n2c1CSCC2. The number of nitrogens with zero attached hydrogens (tertiary/aromatic N) is 1. The number of aromatic nitrogens is 1. The van der Waals surface area contributed by atoms with Crippen molar-refractivity contribution in [2.24, 2.45) is 0 Å². The monoisotopic (exact) mass is 355 g/mol. The van der Waals surface area contributed by atoms with Crippen LogP contribution in [0.5, 0.6) is 0 Å². The largest absolute Gasteiger partial charge is 0.462 e. The molecule has 1 aliphatic heterocycles. The molecule has 0 aromatic carbocycles. The molecule has 2 heterocycles. The summed E-state index contributed by atoms with van der Waals surface area (Å²) in [5.41, 5.74) is 1.36. The van der Waals surface area contributed by atoms with Crippen molar-refractivity contribution in [2.45, 2.75) is 23.0 Å². The molecule has 1 aliphatic rings. The Kier molecular flexibility index (Phi) is 4.95. The van der Waals surface area contributed by atoms with Gasteiger partial charge in [-0.1, -0.05) is 34.8 Å². The number of fused-ring (bicyclic) bond motifs is 1. The minimum absolute atomic E-state index is 0.239. The standard InChI is InChI=1S/C12H12Cl3NO3S/c1-2-19-11(18)7-5-8(10(17)12(13,14)15)16-3-4-20-6-9(7)16/h5H,2-4,6H2,1H3. The molecule has 0 saturated heterocycles. The third-order valence-electron chi connectivity index (χ3n) is 2.89. The van der Waals surface area contributed by atoms with E-state index in [0.717, 1.165) is 11.4 Å². The molecule has 0 N–H and O–H groups in total. The third kappa shape index (κ3) is 3.11. The molecule has 20 heavy (non-hydrogen) atoms. The Morgan fingerprint density at radius 3 is 2.75 bits per heavy atom. The van der Waals surface area contributed by atoms with E-state index in [1.807, 2.05) is 0 Å². The minimum atomic E-state index is -2.04. The molecule has 4 nitrogen and oxygen atoms in total. The van der Waals surface area contributed by atoms with Crippen LogP contribution in [0.25, 0.3) is 0 Å². The van der Waals surface area contributed by atoms with Crippen LogP contribution in [0.1, 0.15) is 33.5 Å². The number of halogens is 3. The summed E-state index contributed by atoms with van der Waals surface area (Å²) in [6, 6.07) is 1.46. The van der Waals surface area contributed by atoms with Crippen molar-refractivity contribution in [3.05, 3.63) is 23.0 Å². The summed E-state index contributed by atoms with van der Waals surface area (Å²) >= 11 is 18.7. The van der Waals surface area contributed by atoms with Gasteiger partial charge in [0.05, 0.1) is 17.9 Å². The molecule has 2 rings (SSSR count). The molecule has 8 heteroatoms. The first-order valence-electron chi connectivity index (χ1n) is 5.95. The summed E-state index contributed by atoms with van der Waals surface area (Å²) in [6.45, 7) is 2.59. The maximum atomic E-state index is 12.2. The number of rotatable bonds is 3. The van der Waals surface area contributed by atoms with E-state index in [0.29, 0.717) is 17.9 Å². The fraction of sp³-hybridized carbons (Fsp3) is 0.500. The maximum absolute atomic E-state index is 12.2. The predicted molar refractivity (Wildman–Crippen MR) is 81.2 cm³/mol. The Morgan fingerprint density at radius 1 is 1.45 bits per heavy atom. The fourth-order valence-corrected chi connectivity index (χ4v) is 3.29. The van der Waals surface area contributed by atoms with E-state index < -0.39 is 15.5 Å². The number of carbonyl (C=O) groups excluding carboxylic acids is 2. The fourth-order valence-electron chi connectivity index (χ4n) is 2.04. The molecule has 0 unspecified atom stereocenters. The Hall–Kier alpha value is -0.360. The zero-order valence-electron chi connectivity index (χ0n) is 10.6.